The summed E-state index contributed by atoms with van der Waals surface area (Å²) in [6.45, 7) is 2.14. The molecule has 0 aliphatic carbocycles. The van der Waals surface area contributed by atoms with Crippen LogP contribution in [0.3, 0.4) is 0 Å². The van der Waals surface area contributed by atoms with Gasteiger partial charge in [0.05, 0.1) is 18.0 Å². The van der Waals surface area contributed by atoms with Crippen LogP contribution < -0.4 is 10.8 Å². The first-order chi connectivity index (χ1) is 14.6. The van der Waals surface area contributed by atoms with Crippen LogP contribution in [-0.4, -0.2) is 28.2 Å². The molecule has 0 saturated carbocycles. The number of halogens is 1. The van der Waals surface area contributed by atoms with Gasteiger partial charge in [-0.3, -0.25) is 14.4 Å². The second-order valence-corrected chi connectivity index (χ2v) is 6.53. The van der Waals surface area contributed by atoms with Crippen LogP contribution in [0.25, 0.3) is 16.9 Å². The van der Waals surface area contributed by atoms with Crippen molar-refractivity contribution in [2.45, 2.75) is 26.2 Å². The summed E-state index contributed by atoms with van der Waals surface area (Å²) in [5, 5.41) is 7.41. The van der Waals surface area contributed by atoms with Crippen molar-refractivity contribution >= 4 is 17.6 Å². The van der Waals surface area contributed by atoms with Crippen molar-refractivity contribution in [2.75, 3.05) is 11.9 Å². The number of anilines is 1. The van der Waals surface area contributed by atoms with Gasteiger partial charge in [-0.15, -0.1) is 0 Å². The van der Waals surface area contributed by atoms with Gasteiger partial charge in [0, 0.05) is 24.5 Å². The minimum Gasteiger partial charge on any atom is -0.311 e. The number of hydrogen-bond acceptors (Lipinski definition) is 4. The smallest absolute Gasteiger partial charge is 0.243 e. The number of carbonyl (C=O) groups is 2. The molecule has 0 spiro atoms. The van der Waals surface area contributed by atoms with Gasteiger partial charge in [0.15, 0.2) is 0 Å². The van der Waals surface area contributed by atoms with Crippen LogP contribution in [-0.2, 0) is 14.4 Å². The fraction of sp³-hybridized carbons (Fsp3) is 0.227. The molecular weight excluding hydrogens is 387 g/mol. The Balaban J connectivity index is 1.74. The van der Waals surface area contributed by atoms with Crippen molar-refractivity contribution < 1.29 is 18.8 Å². The van der Waals surface area contributed by atoms with E-state index in [-0.39, 0.29) is 30.5 Å². The van der Waals surface area contributed by atoms with Crippen molar-refractivity contribution in [3.8, 4) is 16.9 Å². The molecule has 30 heavy (non-hydrogen) atoms. The highest BCUT2D eigenvalue weighted by Gasteiger charge is 2.14. The van der Waals surface area contributed by atoms with E-state index in [1.54, 1.807) is 29.8 Å². The van der Waals surface area contributed by atoms with Crippen LogP contribution in [0.15, 0.2) is 60.7 Å². The van der Waals surface area contributed by atoms with E-state index in [4.69, 9.17) is 4.84 Å². The summed E-state index contributed by atoms with van der Waals surface area (Å²) in [5.74, 6) is -0.413. The fourth-order valence-corrected chi connectivity index (χ4v) is 2.82. The number of benzene rings is 2. The minimum absolute atomic E-state index is 0.162. The summed E-state index contributed by atoms with van der Waals surface area (Å²) < 4.78 is 14.9. The molecule has 2 N–H and O–H groups in total. The average Bonchev–Trinajstić information content (AvgIpc) is 3.17. The lowest BCUT2D eigenvalue weighted by Gasteiger charge is -2.09. The van der Waals surface area contributed by atoms with E-state index >= 15 is 0 Å². The molecule has 3 aromatic rings. The molecule has 8 heteroatoms. The van der Waals surface area contributed by atoms with Crippen LogP contribution in [0.1, 0.15) is 26.2 Å². The molecule has 0 aliphatic rings. The Bertz CT molecular complexity index is 987. The molecule has 7 nitrogen and oxygen atoms in total. The molecular formula is C22H23FN4O3. The fourth-order valence-electron chi connectivity index (χ4n) is 2.82. The number of hydrogen-bond donors (Lipinski definition) is 2. The Kier molecular flexibility index (Phi) is 7.29. The van der Waals surface area contributed by atoms with Crippen LogP contribution in [0, 0.1) is 5.82 Å². The lowest BCUT2D eigenvalue weighted by Crippen LogP contribution is -2.23. The third-order valence-corrected chi connectivity index (χ3v) is 4.26. The maximum Gasteiger partial charge on any atom is 0.243 e. The molecule has 0 atom stereocenters. The summed E-state index contributed by atoms with van der Waals surface area (Å²) in [5.41, 5.74) is 4.48. The van der Waals surface area contributed by atoms with E-state index in [0.29, 0.717) is 30.2 Å². The Morgan fingerprint density at radius 2 is 1.73 bits per heavy atom. The molecule has 2 aromatic carbocycles. The molecule has 2 amide bonds. The summed E-state index contributed by atoms with van der Waals surface area (Å²) >= 11 is 0. The summed E-state index contributed by atoms with van der Waals surface area (Å²) in [6, 6.07) is 17.2. The SMILES string of the molecule is CCONC(=O)CCCC(=O)Nc1cc(-c2ccccc2)nn1-c1ccc(F)cc1. The zero-order valence-electron chi connectivity index (χ0n) is 16.6. The molecule has 0 radical (unpaired) electrons. The van der Waals surface area contributed by atoms with Crippen LogP contribution >= 0.6 is 0 Å². The van der Waals surface area contributed by atoms with Gasteiger partial charge in [0.2, 0.25) is 11.8 Å². The summed E-state index contributed by atoms with van der Waals surface area (Å²) in [4.78, 5) is 28.8. The largest absolute Gasteiger partial charge is 0.311 e. The molecule has 0 bridgehead atoms. The standard InChI is InChI=1S/C22H23FN4O3/c1-2-30-26-22(29)10-6-9-21(28)24-20-15-19(16-7-4-3-5-8-16)25-27(20)18-13-11-17(23)12-14-18/h3-5,7-8,11-15H,2,6,9-10H2,1H3,(H,24,28)(H,26,29). The second-order valence-electron chi connectivity index (χ2n) is 6.53. The number of carbonyl (C=O) groups excluding carboxylic acids is 2. The predicted octanol–water partition coefficient (Wildman–Crippen LogP) is 3.85. The lowest BCUT2D eigenvalue weighted by atomic mass is 10.1. The van der Waals surface area contributed by atoms with Crippen molar-refractivity contribution in [3.05, 3.63) is 66.5 Å². The van der Waals surface area contributed by atoms with Gasteiger partial charge in [0.25, 0.3) is 0 Å². The topological polar surface area (TPSA) is 85.2 Å². The maximum absolute atomic E-state index is 13.3. The highest BCUT2D eigenvalue weighted by Crippen LogP contribution is 2.25. The molecule has 3 rings (SSSR count). The first kappa shape index (κ1) is 21.2. The van der Waals surface area contributed by atoms with Gasteiger partial charge in [-0.05, 0) is 37.6 Å². The van der Waals surface area contributed by atoms with Crippen LogP contribution in [0.4, 0.5) is 10.2 Å². The second kappa shape index (κ2) is 10.3. The molecule has 156 valence electrons. The zero-order valence-corrected chi connectivity index (χ0v) is 16.6. The third kappa shape index (κ3) is 5.74. The Morgan fingerprint density at radius 1 is 1.03 bits per heavy atom. The van der Waals surface area contributed by atoms with E-state index in [0.717, 1.165) is 5.56 Å². The van der Waals surface area contributed by atoms with Crippen molar-refractivity contribution in [1.82, 2.24) is 15.3 Å². The Morgan fingerprint density at radius 3 is 2.43 bits per heavy atom. The van der Waals surface area contributed by atoms with Gasteiger partial charge in [-0.25, -0.2) is 14.6 Å². The van der Waals surface area contributed by atoms with Crippen LogP contribution in [0.2, 0.25) is 0 Å². The minimum atomic E-state index is -0.356. The first-order valence-electron chi connectivity index (χ1n) is 9.68. The number of aromatic nitrogens is 2. The van der Waals surface area contributed by atoms with Crippen molar-refractivity contribution in [1.29, 1.82) is 0 Å². The third-order valence-electron chi connectivity index (χ3n) is 4.26. The molecule has 0 fully saturated rings. The molecule has 1 heterocycles. The average molecular weight is 410 g/mol. The van der Waals surface area contributed by atoms with Gasteiger partial charge >= 0.3 is 0 Å². The van der Waals surface area contributed by atoms with E-state index in [9.17, 15) is 14.0 Å². The van der Waals surface area contributed by atoms with E-state index in [2.05, 4.69) is 15.9 Å². The number of rotatable bonds is 9. The monoisotopic (exact) mass is 410 g/mol. The van der Waals surface area contributed by atoms with Crippen molar-refractivity contribution in [3.63, 3.8) is 0 Å². The number of hydroxylamine groups is 1. The normalized spacial score (nSPS) is 10.6. The summed E-state index contributed by atoms with van der Waals surface area (Å²) in [7, 11) is 0. The summed E-state index contributed by atoms with van der Waals surface area (Å²) in [6.07, 6.45) is 0.718. The van der Waals surface area contributed by atoms with Gasteiger partial charge in [-0.2, -0.15) is 5.10 Å². The molecule has 0 saturated heterocycles. The highest BCUT2D eigenvalue weighted by molar-refractivity contribution is 5.91. The quantitative estimate of drug-likeness (QED) is 0.525. The van der Waals surface area contributed by atoms with Crippen LogP contribution in [0.5, 0.6) is 0 Å². The van der Waals surface area contributed by atoms with E-state index in [1.165, 1.54) is 12.1 Å². The number of amides is 2. The van der Waals surface area contributed by atoms with Crippen molar-refractivity contribution in [2.24, 2.45) is 0 Å². The first-order valence-corrected chi connectivity index (χ1v) is 9.68. The molecule has 0 aliphatic heterocycles. The molecule has 0 unspecified atom stereocenters. The van der Waals surface area contributed by atoms with E-state index in [1.807, 2.05) is 30.3 Å². The Labute approximate surface area is 173 Å². The van der Waals surface area contributed by atoms with E-state index < -0.39 is 0 Å². The maximum atomic E-state index is 13.3. The molecule has 1 aromatic heterocycles. The highest BCUT2D eigenvalue weighted by atomic mass is 19.1. The lowest BCUT2D eigenvalue weighted by molar-refractivity contribution is -0.133. The number of nitrogens with one attached hydrogen (secondary N) is 2. The zero-order chi connectivity index (χ0) is 21.3. The van der Waals surface area contributed by atoms with Gasteiger partial charge in [0.1, 0.15) is 11.6 Å². The van der Waals surface area contributed by atoms with Gasteiger partial charge in [-0.1, -0.05) is 30.3 Å². The van der Waals surface area contributed by atoms with Gasteiger partial charge < -0.3 is 5.32 Å². The number of nitrogens with zero attached hydrogens (tertiary/aromatic N) is 2. The Hall–Kier alpha value is -3.52. The predicted molar refractivity (Wildman–Crippen MR) is 111 cm³/mol.